The SMILES string of the molecule is CC1=CC[C@@H]2C(=O)N([C@@H](CC(C)C)C(=O)[O-])C(=O)[C@H]2C1. The van der Waals surface area contributed by atoms with Gasteiger partial charge in [-0.05, 0) is 32.1 Å². The summed E-state index contributed by atoms with van der Waals surface area (Å²) in [4.78, 5) is 37.0. The smallest absolute Gasteiger partial charge is 0.234 e. The van der Waals surface area contributed by atoms with Crippen molar-refractivity contribution in [3.05, 3.63) is 11.6 Å². The van der Waals surface area contributed by atoms with Crippen molar-refractivity contribution in [1.82, 2.24) is 4.90 Å². The molecule has 20 heavy (non-hydrogen) atoms. The molecule has 2 aliphatic rings. The van der Waals surface area contributed by atoms with Gasteiger partial charge in [0.15, 0.2) is 0 Å². The van der Waals surface area contributed by atoms with Crippen molar-refractivity contribution in [1.29, 1.82) is 0 Å². The van der Waals surface area contributed by atoms with Crippen LogP contribution in [0.5, 0.6) is 0 Å². The van der Waals surface area contributed by atoms with Gasteiger partial charge in [-0.1, -0.05) is 25.5 Å². The number of fused-ring (bicyclic) bond motifs is 1. The third-order valence-electron chi connectivity index (χ3n) is 4.14. The van der Waals surface area contributed by atoms with E-state index in [4.69, 9.17) is 0 Å². The second-order valence-electron chi connectivity index (χ2n) is 6.21. The lowest BCUT2D eigenvalue weighted by molar-refractivity contribution is -0.311. The van der Waals surface area contributed by atoms with E-state index in [9.17, 15) is 19.5 Å². The average Bonchev–Trinajstić information content (AvgIpc) is 2.58. The van der Waals surface area contributed by atoms with E-state index in [0.717, 1.165) is 10.5 Å². The molecule has 3 atom stereocenters. The minimum absolute atomic E-state index is 0.0704. The largest absolute Gasteiger partial charge is 0.548 e. The molecular formula is C15H20NO4-. The molecule has 110 valence electrons. The first-order valence-corrected chi connectivity index (χ1v) is 7.06. The van der Waals surface area contributed by atoms with Gasteiger partial charge in [0.2, 0.25) is 11.8 Å². The summed E-state index contributed by atoms with van der Waals surface area (Å²) in [6.45, 7) is 5.65. The molecule has 5 nitrogen and oxygen atoms in total. The molecule has 0 saturated carbocycles. The maximum atomic E-state index is 12.4. The van der Waals surface area contributed by atoms with Crippen molar-refractivity contribution >= 4 is 17.8 Å². The predicted octanol–water partition coefficient (Wildman–Crippen LogP) is 0.492. The second-order valence-corrected chi connectivity index (χ2v) is 6.21. The number of imide groups is 1. The van der Waals surface area contributed by atoms with E-state index in [1.54, 1.807) is 0 Å². The molecule has 5 heteroatoms. The molecule has 0 N–H and O–H groups in total. The zero-order valence-corrected chi connectivity index (χ0v) is 12.1. The minimum Gasteiger partial charge on any atom is -0.548 e. The molecule has 0 radical (unpaired) electrons. The lowest BCUT2D eigenvalue weighted by Gasteiger charge is -2.28. The van der Waals surface area contributed by atoms with E-state index in [2.05, 4.69) is 0 Å². The van der Waals surface area contributed by atoms with Crippen LogP contribution in [0.2, 0.25) is 0 Å². The number of carbonyl (C=O) groups excluding carboxylic acids is 3. The van der Waals surface area contributed by atoms with Crippen LogP contribution in [0, 0.1) is 17.8 Å². The first kappa shape index (κ1) is 14.8. The highest BCUT2D eigenvalue weighted by Crippen LogP contribution is 2.39. The van der Waals surface area contributed by atoms with E-state index in [0.29, 0.717) is 12.8 Å². The van der Waals surface area contributed by atoms with Gasteiger partial charge in [-0.2, -0.15) is 0 Å². The van der Waals surface area contributed by atoms with E-state index in [1.165, 1.54) is 0 Å². The van der Waals surface area contributed by atoms with Gasteiger partial charge in [-0.25, -0.2) is 0 Å². The van der Waals surface area contributed by atoms with Crippen molar-refractivity contribution in [2.24, 2.45) is 17.8 Å². The predicted molar refractivity (Wildman–Crippen MR) is 70.1 cm³/mol. The summed E-state index contributed by atoms with van der Waals surface area (Å²) in [6.07, 6.45) is 3.28. The summed E-state index contributed by atoms with van der Waals surface area (Å²) in [5.74, 6) is -2.74. The van der Waals surface area contributed by atoms with Crippen molar-refractivity contribution in [3.8, 4) is 0 Å². The maximum Gasteiger partial charge on any atom is 0.234 e. The van der Waals surface area contributed by atoms with Gasteiger partial charge in [0.1, 0.15) is 0 Å². The second kappa shape index (κ2) is 5.38. The molecule has 0 unspecified atom stereocenters. The summed E-state index contributed by atoms with van der Waals surface area (Å²) < 4.78 is 0. The molecule has 1 saturated heterocycles. The van der Waals surface area contributed by atoms with E-state index in [-0.39, 0.29) is 36.0 Å². The topological polar surface area (TPSA) is 77.5 Å². The molecule has 1 aliphatic carbocycles. The zero-order chi connectivity index (χ0) is 15.0. The van der Waals surface area contributed by atoms with Crippen LogP contribution in [0.1, 0.15) is 40.0 Å². The Balaban J connectivity index is 2.27. The number of hydrogen-bond acceptors (Lipinski definition) is 4. The number of amides is 2. The summed E-state index contributed by atoms with van der Waals surface area (Å²) in [5.41, 5.74) is 1.09. The Bertz CT molecular complexity index is 480. The Morgan fingerprint density at radius 1 is 1.35 bits per heavy atom. The van der Waals surface area contributed by atoms with Gasteiger partial charge in [-0.15, -0.1) is 0 Å². The molecule has 1 aliphatic heterocycles. The lowest BCUT2D eigenvalue weighted by atomic mass is 9.82. The number of rotatable bonds is 4. The first-order chi connectivity index (χ1) is 9.32. The summed E-state index contributed by atoms with van der Waals surface area (Å²) in [6, 6.07) is -1.14. The molecule has 1 fully saturated rings. The fourth-order valence-electron chi connectivity index (χ4n) is 3.12. The van der Waals surface area contributed by atoms with Crippen LogP contribution < -0.4 is 5.11 Å². The van der Waals surface area contributed by atoms with Gasteiger partial charge in [0, 0.05) is 0 Å². The number of carbonyl (C=O) groups is 3. The molecule has 1 heterocycles. The zero-order valence-electron chi connectivity index (χ0n) is 12.1. The van der Waals surface area contributed by atoms with Gasteiger partial charge in [-0.3, -0.25) is 14.5 Å². The highest BCUT2D eigenvalue weighted by atomic mass is 16.4. The number of hydrogen-bond donors (Lipinski definition) is 0. The molecule has 2 amide bonds. The van der Waals surface area contributed by atoms with Crippen LogP contribution in [-0.2, 0) is 14.4 Å². The Morgan fingerprint density at radius 3 is 2.50 bits per heavy atom. The number of allylic oxidation sites excluding steroid dienone is 2. The van der Waals surface area contributed by atoms with E-state index >= 15 is 0 Å². The molecule has 0 spiro atoms. The van der Waals surface area contributed by atoms with Crippen LogP contribution in [0.3, 0.4) is 0 Å². The number of aliphatic carboxylic acids is 1. The molecule has 2 rings (SSSR count). The number of nitrogens with zero attached hydrogens (tertiary/aromatic N) is 1. The highest BCUT2D eigenvalue weighted by Gasteiger charge is 2.50. The summed E-state index contributed by atoms with van der Waals surface area (Å²) >= 11 is 0. The average molecular weight is 278 g/mol. The molecule has 0 aromatic heterocycles. The van der Waals surface area contributed by atoms with E-state index < -0.39 is 12.0 Å². The maximum absolute atomic E-state index is 12.4. The van der Waals surface area contributed by atoms with Crippen LogP contribution in [0.25, 0.3) is 0 Å². The summed E-state index contributed by atoms with van der Waals surface area (Å²) in [7, 11) is 0. The standard InChI is InChI=1S/C15H21NO4/c1-8(2)6-12(15(19)20)16-13(17)10-5-4-9(3)7-11(10)14(16)18/h4,8,10-12H,5-7H2,1-3H3,(H,19,20)/p-1/t10-,11-,12-/m0/s1. The fraction of sp³-hybridized carbons (Fsp3) is 0.667. The highest BCUT2D eigenvalue weighted by molar-refractivity contribution is 6.07. The van der Waals surface area contributed by atoms with Gasteiger partial charge in [0.05, 0.1) is 23.8 Å². The van der Waals surface area contributed by atoms with Crippen molar-refractivity contribution in [3.63, 3.8) is 0 Å². The van der Waals surface area contributed by atoms with Crippen LogP contribution in [0.15, 0.2) is 11.6 Å². The van der Waals surface area contributed by atoms with Gasteiger partial charge >= 0.3 is 0 Å². The van der Waals surface area contributed by atoms with Gasteiger partial charge in [0.25, 0.3) is 0 Å². The normalized spacial score (nSPS) is 27.6. The third-order valence-corrected chi connectivity index (χ3v) is 4.14. The first-order valence-electron chi connectivity index (χ1n) is 7.06. The molecule has 0 bridgehead atoms. The van der Waals surface area contributed by atoms with Gasteiger partial charge < -0.3 is 9.90 Å². The van der Waals surface area contributed by atoms with Crippen LogP contribution >= 0.6 is 0 Å². The molecule has 0 aromatic carbocycles. The number of carboxylic acids is 1. The van der Waals surface area contributed by atoms with Crippen LogP contribution in [-0.4, -0.2) is 28.7 Å². The fourth-order valence-corrected chi connectivity index (χ4v) is 3.12. The quantitative estimate of drug-likeness (QED) is 0.554. The summed E-state index contributed by atoms with van der Waals surface area (Å²) in [5, 5.41) is 11.3. The molecule has 0 aromatic rings. The Labute approximate surface area is 118 Å². The minimum atomic E-state index is -1.34. The van der Waals surface area contributed by atoms with E-state index in [1.807, 2.05) is 26.8 Å². The number of likely N-dealkylation sites (tertiary alicyclic amines) is 1. The number of carboxylic acid groups (broad SMARTS) is 1. The Morgan fingerprint density at radius 2 is 1.95 bits per heavy atom. The Kier molecular flexibility index (Phi) is 3.97. The van der Waals surface area contributed by atoms with Crippen molar-refractivity contribution < 1.29 is 19.5 Å². The monoisotopic (exact) mass is 278 g/mol. The van der Waals surface area contributed by atoms with Crippen LogP contribution in [0.4, 0.5) is 0 Å². The van der Waals surface area contributed by atoms with Crippen molar-refractivity contribution in [2.45, 2.75) is 46.1 Å². The Hall–Kier alpha value is -1.65. The molecular weight excluding hydrogens is 258 g/mol. The lowest BCUT2D eigenvalue weighted by Crippen LogP contribution is -2.51. The third kappa shape index (κ3) is 2.49. The van der Waals surface area contributed by atoms with Crippen molar-refractivity contribution in [2.75, 3.05) is 0 Å².